The number of rotatable bonds is 4. The van der Waals surface area contributed by atoms with Gasteiger partial charge in [0.05, 0.1) is 0 Å². The Morgan fingerprint density at radius 2 is 2.06 bits per heavy atom. The van der Waals surface area contributed by atoms with Gasteiger partial charge in [-0.3, -0.25) is 0 Å². The lowest BCUT2D eigenvalue weighted by Crippen LogP contribution is -2.55. The summed E-state index contributed by atoms with van der Waals surface area (Å²) in [5, 5.41) is 0. The summed E-state index contributed by atoms with van der Waals surface area (Å²) in [5.41, 5.74) is 5.73. The molecule has 1 rings (SSSR count). The zero-order chi connectivity index (χ0) is 13.2. The Balaban J connectivity index is 2.96. The van der Waals surface area contributed by atoms with E-state index in [4.69, 9.17) is 5.73 Å². The Bertz CT molecular complexity index is 343. The van der Waals surface area contributed by atoms with E-state index in [1.807, 2.05) is 13.8 Å². The monoisotopic (exact) mass is 263 g/mol. The molecule has 2 N–H and O–H groups in total. The van der Waals surface area contributed by atoms with Crippen molar-refractivity contribution < 1.29 is 8.42 Å². The van der Waals surface area contributed by atoms with Crippen molar-refractivity contribution >= 4 is 10.2 Å². The minimum Gasteiger partial charge on any atom is -0.329 e. The molecule has 0 unspecified atom stereocenters. The summed E-state index contributed by atoms with van der Waals surface area (Å²) in [4.78, 5) is 0. The van der Waals surface area contributed by atoms with Gasteiger partial charge in [-0.05, 0) is 32.6 Å². The highest BCUT2D eigenvalue weighted by atomic mass is 32.2. The van der Waals surface area contributed by atoms with Crippen LogP contribution >= 0.6 is 0 Å². The highest BCUT2D eigenvalue weighted by Gasteiger charge is 2.38. The maximum absolute atomic E-state index is 12.4. The van der Waals surface area contributed by atoms with Crippen LogP contribution in [0.15, 0.2) is 0 Å². The molecular weight excluding hydrogens is 238 g/mol. The third-order valence-electron chi connectivity index (χ3n) is 3.69. The highest BCUT2D eigenvalue weighted by Crippen LogP contribution is 2.26. The van der Waals surface area contributed by atoms with Crippen LogP contribution in [0.25, 0.3) is 0 Å². The molecule has 0 aromatic rings. The van der Waals surface area contributed by atoms with E-state index in [0.717, 1.165) is 12.8 Å². The summed E-state index contributed by atoms with van der Waals surface area (Å²) in [5.74, 6) is 0.337. The second-order valence-corrected chi connectivity index (χ2v) is 7.09. The van der Waals surface area contributed by atoms with Crippen molar-refractivity contribution in [3.63, 3.8) is 0 Å². The lowest BCUT2D eigenvalue weighted by molar-refractivity contribution is 0.179. The van der Waals surface area contributed by atoms with Gasteiger partial charge in [0.25, 0.3) is 10.2 Å². The van der Waals surface area contributed by atoms with E-state index in [9.17, 15) is 8.42 Å². The van der Waals surface area contributed by atoms with Gasteiger partial charge in [-0.25, -0.2) is 0 Å². The van der Waals surface area contributed by atoms with Crippen LogP contribution in [0.1, 0.15) is 33.6 Å². The highest BCUT2D eigenvalue weighted by molar-refractivity contribution is 7.86. The van der Waals surface area contributed by atoms with Crippen molar-refractivity contribution in [3.8, 4) is 0 Å². The largest absolute Gasteiger partial charge is 0.329 e. The Morgan fingerprint density at radius 1 is 1.47 bits per heavy atom. The molecule has 5 nitrogen and oxygen atoms in total. The fraction of sp³-hybridized carbons (Fsp3) is 1.00. The summed E-state index contributed by atoms with van der Waals surface area (Å²) in [6.45, 7) is 6.82. The third kappa shape index (κ3) is 2.99. The molecule has 6 heteroatoms. The summed E-state index contributed by atoms with van der Waals surface area (Å²) in [6.07, 6.45) is 1.97. The summed E-state index contributed by atoms with van der Waals surface area (Å²) in [7, 11) is -1.74. The van der Waals surface area contributed by atoms with Crippen molar-refractivity contribution in [3.05, 3.63) is 0 Å². The molecule has 1 saturated heterocycles. The summed E-state index contributed by atoms with van der Waals surface area (Å²) < 4.78 is 27.9. The molecule has 102 valence electrons. The summed E-state index contributed by atoms with van der Waals surface area (Å²) in [6, 6.07) is -0.0920. The predicted molar refractivity (Wildman–Crippen MR) is 69.8 cm³/mol. The molecule has 17 heavy (non-hydrogen) atoms. The van der Waals surface area contributed by atoms with Crippen LogP contribution in [0.5, 0.6) is 0 Å². The first-order valence-corrected chi connectivity index (χ1v) is 7.67. The molecular formula is C11H25N3O2S. The van der Waals surface area contributed by atoms with Crippen LogP contribution in [-0.4, -0.2) is 49.2 Å². The molecule has 1 aliphatic heterocycles. The zero-order valence-electron chi connectivity index (χ0n) is 11.3. The molecule has 2 atom stereocenters. The Labute approximate surface area is 105 Å². The molecule has 0 amide bonds. The first-order chi connectivity index (χ1) is 7.82. The molecule has 0 radical (unpaired) electrons. The Kier molecular flexibility index (Phi) is 4.95. The van der Waals surface area contributed by atoms with Gasteiger partial charge in [0.15, 0.2) is 0 Å². The van der Waals surface area contributed by atoms with E-state index in [0.29, 0.717) is 19.0 Å². The second kappa shape index (κ2) is 5.65. The smallest absolute Gasteiger partial charge is 0.282 e. The van der Waals surface area contributed by atoms with Crippen LogP contribution in [0.4, 0.5) is 0 Å². The number of nitrogens with zero attached hydrogens (tertiary/aromatic N) is 2. The Hall–Kier alpha value is -0.170. The minimum absolute atomic E-state index is 0.0318. The molecule has 0 bridgehead atoms. The normalized spacial score (nSPS) is 27.9. The van der Waals surface area contributed by atoms with Crippen LogP contribution < -0.4 is 5.73 Å². The fourth-order valence-corrected chi connectivity index (χ4v) is 4.14. The molecule has 1 heterocycles. The molecule has 1 aliphatic rings. The minimum atomic E-state index is -3.37. The van der Waals surface area contributed by atoms with Crippen molar-refractivity contribution in [2.75, 3.05) is 20.1 Å². The van der Waals surface area contributed by atoms with E-state index in [2.05, 4.69) is 6.92 Å². The van der Waals surface area contributed by atoms with Gasteiger partial charge in [-0.1, -0.05) is 6.92 Å². The molecule has 0 spiro atoms. The SMILES string of the molecule is CC(C)N(C)S(=O)(=O)N1CCC[C@@H](C)[C@H]1CN. The van der Waals surface area contributed by atoms with E-state index in [1.54, 1.807) is 11.4 Å². The average Bonchev–Trinajstić information content (AvgIpc) is 2.27. The summed E-state index contributed by atoms with van der Waals surface area (Å²) >= 11 is 0. The van der Waals surface area contributed by atoms with Gasteiger partial charge in [0.2, 0.25) is 0 Å². The standard InChI is InChI=1S/C11H25N3O2S/c1-9(2)13(4)17(15,16)14-7-5-6-10(3)11(14)8-12/h9-11H,5-8,12H2,1-4H3/t10-,11-/m1/s1. The number of piperidine rings is 1. The van der Waals surface area contributed by atoms with Gasteiger partial charge in [-0.15, -0.1) is 0 Å². The van der Waals surface area contributed by atoms with E-state index >= 15 is 0 Å². The van der Waals surface area contributed by atoms with Gasteiger partial charge in [-0.2, -0.15) is 17.0 Å². The van der Waals surface area contributed by atoms with Gasteiger partial charge >= 0.3 is 0 Å². The van der Waals surface area contributed by atoms with Crippen LogP contribution in [0.3, 0.4) is 0 Å². The number of hydrogen-bond donors (Lipinski definition) is 1. The third-order valence-corrected chi connectivity index (χ3v) is 5.89. The molecule has 0 aliphatic carbocycles. The van der Waals surface area contributed by atoms with Crippen LogP contribution in [-0.2, 0) is 10.2 Å². The van der Waals surface area contributed by atoms with Gasteiger partial charge in [0, 0.05) is 32.2 Å². The van der Waals surface area contributed by atoms with Crippen LogP contribution in [0.2, 0.25) is 0 Å². The van der Waals surface area contributed by atoms with Crippen molar-refractivity contribution in [1.82, 2.24) is 8.61 Å². The number of hydrogen-bond acceptors (Lipinski definition) is 3. The average molecular weight is 263 g/mol. The molecule has 0 saturated carbocycles. The predicted octanol–water partition coefficient (Wildman–Crippen LogP) is 0.631. The maximum atomic E-state index is 12.4. The van der Waals surface area contributed by atoms with Crippen molar-refractivity contribution in [2.24, 2.45) is 11.7 Å². The van der Waals surface area contributed by atoms with Gasteiger partial charge < -0.3 is 5.73 Å². The van der Waals surface area contributed by atoms with E-state index in [1.165, 1.54) is 4.31 Å². The Morgan fingerprint density at radius 3 is 2.53 bits per heavy atom. The van der Waals surface area contributed by atoms with Crippen LogP contribution in [0, 0.1) is 5.92 Å². The zero-order valence-corrected chi connectivity index (χ0v) is 12.1. The fourth-order valence-electron chi connectivity index (χ4n) is 2.28. The first kappa shape index (κ1) is 14.9. The van der Waals surface area contributed by atoms with E-state index in [-0.39, 0.29) is 12.1 Å². The molecule has 0 aromatic heterocycles. The quantitative estimate of drug-likeness (QED) is 0.809. The maximum Gasteiger partial charge on any atom is 0.282 e. The number of nitrogens with two attached hydrogens (primary N) is 1. The molecule has 1 fully saturated rings. The lowest BCUT2D eigenvalue weighted by Gasteiger charge is -2.40. The second-order valence-electron chi connectivity index (χ2n) is 5.15. The topological polar surface area (TPSA) is 66.6 Å². The van der Waals surface area contributed by atoms with Crippen molar-refractivity contribution in [2.45, 2.75) is 45.7 Å². The van der Waals surface area contributed by atoms with Crippen molar-refractivity contribution in [1.29, 1.82) is 0 Å². The lowest BCUT2D eigenvalue weighted by atomic mass is 9.93. The first-order valence-electron chi connectivity index (χ1n) is 6.27. The van der Waals surface area contributed by atoms with E-state index < -0.39 is 10.2 Å². The molecule has 0 aromatic carbocycles. The van der Waals surface area contributed by atoms with Gasteiger partial charge in [0.1, 0.15) is 0 Å².